The minimum atomic E-state index is -1.06. The van der Waals surface area contributed by atoms with Gasteiger partial charge in [0.2, 0.25) is 6.04 Å². The Kier molecular flexibility index (Phi) is 4.59. The van der Waals surface area contributed by atoms with E-state index in [4.69, 9.17) is 0 Å². The molecule has 6 rings (SSSR count). The van der Waals surface area contributed by atoms with Crippen molar-refractivity contribution in [1.29, 1.82) is 0 Å². The van der Waals surface area contributed by atoms with E-state index in [2.05, 4.69) is 4.90 Å². The monoisotopic (exact) mass is 439 g/mol. The maximum Gasteiger partial charge on any atom is 0.253 e. The molecule has 33 heavy (non-hydrogen) atoms. The fraction of sp³-hybridized carbons (Fsp3) is 0.296. The van der Waals surface area contributed by atoms with Crippen molar-refractivity contribution in [2.45, 2.75) is 42.9 Å². The molecule has 3 aromatic rings. The van der Waals surface area contributed by atoms with Gasteiger partial charge in [-0.15, -0.1) is 0 Å². The minimum Gasteiger partial charge on any atom is -0.306 e. The number of hydrogen-bond acceptors (Lipinski definition) is 4. The zero-order chi connectivity index (χ0) is 22.6. The lowest BCUT2D eigenvalue weighted by molar-refractivity contribution is -0.527. The fourth-order valence-corrected chi connectivity index (χ4v) is 6.56. The van der Waals surface area contributed by atoms with Crippen LogP contribution in [0, 0.1) is 10.1 Å². The molecule has 4 atom stereocenters. The molecule has 6 nitrogen and oxygen atoms in total. The zero-order valence-corrected chi connectivity index (χ0v) is 18.2. The van der Waals surface area contributed by atoms with Crippen molar-refractivity contribution in [3.63, 3.8) is 0 Å². The number of amides is 1. The Morgan fingerprint density at radius 3 is 2.33 bits per heavy atom. The predicted molar refractivity (Wildman–Crippen MR) is 125 cm³/mol. The Morgan fingerprint density at radius 2 is 1.61 bits per heavy atom. The molecule has 0 aliphatic carbocycles. The highest BCUT2D eigenvalue weighted by molar-refractivity contribution is 6.09. The number of carbonyl (C=O) groups excluding carboxylic acids is 1. The molecule has 2 fully saturated rings. The summed E-state index contributed by atoms with van der Waals surface area (Å²) in [5, 5.41) is 12.5. The Hall–Kier alpha value is -3.51. The third kappa shape index (κ3) is 2.74. The minimum absolute atomic E-state index is 0.0438. The molecule has 6 heteroatoms. The summed E-state index contributed by atoms with van der Waals surface area (Å²) in [5.41, 5.74) is 2.60. The molecule has 3 heterocycles. The molecule has 0 aromatic heterocycles. The van der Waals surface area contributed by atoms with Crippen molar-refractivity contribution in [1.82, 2.24) is 4.90 Å². The SMILES string of the molecule is O=C1N(Cc2ccccc2)c2ccccc2[C@@]12[C@@H](c1ccccc1)[C@H]([N+](=O)[O-])[C@@H]1CCCN12. The van der Waals surface area contributed by atoms with Gasteiger partial charge < -0.3 is 4.90 Å². The van der Waals surface area contributed by atoms with Crippen LogP contribution in [0.5, 0.6) is 0 Å². The third-order valence-corrected chi connectivity index (χ3v) is 7.70. The van der Waals surface area contributed by atoms with Crippen LogP contribution < -0.4 is 4.90 Å². The van der Waals surface area contributed by atoms with Gasteiger partial charge in [-0.2, -0.15) is 0 Å². The highest BCUT2D eigenvalue weighted by atomic mass is 16.6. The molecule has 1 amide bonds. The topological polar surface area (TPSA) is 66.7 Å². The Morgan fingerprint density at radius 1 is 0.939 bits per heavy atom. The first-order valence-electron chi connectivity index (χ1n) is 11.5. The number of para-hydroxylation sites is 1. The summed E-state index contributed by atoms with van der Waals surface area (Å²) in [7, 11) is 0. The Bertz CT molecular complexity index is 1220. The maximum absolute atomic E-state index is 14.5. The van der Waals surface area contributed by atoms with Crippen molar-refractivity contribution in [3.8, 4) is 0 Å². The first-order valence-corrected chi connectivity index (χ1v) is 11.5. The first-order chi connectivity index (χ1) is 16.1. The van der Waals surface area contributed by atoms with Gasteiger partial charge in [0.15, 0.2) is 0 Å². The lowest BCUT2D eigenvalue weighted by Gasteiger charge is -2.37. The Labute approximate surface area is 192 Å². The van der Waals surface area contributed by atoms with Crippen molar-refractivity contribution in [2.24, 2.45) is 0 Å². The van der Waals surface area contributed by atoms with Crippen LogP contribution in [0.25, 0.3) is 0 Å². The summed E-state index contributed by atoms with van der Waals surface area (Å²) in [4.78, 5) is 30.9. The van der Waals surface area contributed by atoms with E-state index in [0.29, 0.717) is 13.1 Å². The number of benzene rings is 3. The lowest BCUT2D eigenvalue weighted by atomic mass is 9.73. The summed E-state index contributed by atoms with van der Waals surface area (Å²) in [5.74, 6) is -0.592. The van der Waals surface area contributed by atoms with E-state index in [-0.39, 0.29) is 16.9 Å². The largest absolute Gasteiger partial charge is 0.306 e. The van der Waals surface area contributed by atoms with Crippen molar-refractivity contribution < 1.29 is 9.72 Å². The normalized spacial score (nSPS) is 28.3. The fourth-order valence-electron chi connectivity index (χ4n) is 6.56. The van der Waals surface area contributed by atoms with Crippen molar-refractivity contribution in [3.05, 3.63) is 112 Å². The van der Waals surface area contributed by atoms with E-state index < -0.39 is 17.5 Å². The molecule has 0 saturated carbocycles. The van der Waals surface area contributed by atoms with Gasteiger partial charge in [-0.1, -0.05) is 78.9 Å². The quantitative estimate of drug-likeness (QED) is 0.448. The summed E-state index contributed by atoms with van der Waals surface area (Å²) in [6.45, 7) is 1.14. The number of anilines is 1. The second-order valence-electron chi connectivity index (χ2n) is 9.23. The smallest absolute Gasteiger partial charge is 0.253 e. The second kappa shape index (κ2) is 7.52. The molecule has 166 valence electrons. The molecule has 0 unspecified atom stereocenters. The van der Waals surface area contributed by atoms with Crippen LogP contribution in [0.2, 0.25) is 0 Å². The van der Waals surface area contributed by atoms with Crippen LogP contribution >= 0.6 is 0 Å². The predicted octanol–water partition coefficient (Wildman–Crippen LogP) is 4.34. The molecule has 0 radical (unpaired) electrons. The van der Waals surface area contributed by atoms with Gasteiger partial charge in [0.25, 0.3) is 5.91 Å². The maximum atomic E-state index is 14.5. The molecular formula is C27H25N3O3. The van der Waals surface area contributed by atoms with Gasteiger partial charge in [-0.3, -0.25) is 19.8 Å². The summed E-state index contributed by atoms with van der Waals surface area (Å²) >= 11 is 0. The van der Waals surface area contributed by atoms with Gasteiger partial charge in [-0.25, -0.2) is 0 Å². The van der Waals surface area contributed by atoms with Crippen LogP contribution in [0.1, 0.15) is 35.4 Å². The van der Waals surface area contributed by atoms with Gasteiger partial charge >= 0.3 is 0 Å². The number of nitrogens with zero attached hydrogens (tertiary/aromatic N) is 3. The van der Waals surface area contributed by atoms with Crippen molar-refractivity contribution >= 4 is 11.6 Å². The van der Waals surface area contributed by atoms with Crippen molar-refractivity contribution in [2.75, 3.05) is 11.4 Å². The van der Waals surface area contributed by atoms with Gasteiger partial charge in [0.05, 0.1) is 18.5 Å². The zero-order valence-electron chi connectivity index (χ0n) is 18.2. The van der Waals surface area contributed by atoms with E-state index >= 15 is 0 Å². The number of nitro groups is 1. The molecule has 0 bridgehead atoms. The first kappa shape index (κ1) is 20.1. The van der Waals surface area contributed by atoms with Crippen LogP contribution in [-0.4, -0.2) is 34.4 Å². The van der Waals surface area contributed by atoms with E-state index in [1.165, 1.54) is 0 Å². The molecule has 3 aliphatic heterocycles. The average Bonchev–Trinajstić information content (AvgIpc) is 3.49. The highest BCUT2D eigenvalue weighted by Crippen LogP contribution is 2.61. The highest BCUT2D eigenvalue weighted by Gasteiger charge is 2.72. The standard InChI is InChI=1S/C27H25N3O3/c31-26-27(21-14-7-8-15-22(21)28(26)18-19-10-3-1-4-11-19)24(20-12-5-2-6-13-20)25(30(32)33)23-16-9-17-29(23)27/h1-8,10-15,23-25H,9,16-18H2/t23-,24-,25+,27+/m0/s1. The summed E-state index contributed by atoms with van der Waals surface area (Å²) in [6, 6.07) is 26.4. The molecule has 1 spiro atoms. The van der Waals surface area contributed by atoms with Gasteiger partial charge in [0, 0.05) is 22.7 Å². The molecule has 3 aromatic carbocycles. The number of fused-ring (bicyclic) bond motifs is 4. The van der Waals surface area contributed by atoms with E-state index in [1.807, 2.05) is 89.8 Å². The second-order valence-corrected chi connectivity index (χ2v) is 9.23. The van der Waals surface area contributed by atoms with Gasteiger partial charge in [0.1, 0.15) is 5.54 Å². The van der Waals surface area contributed by atoms with Crippen LogP contribution in [0.3, 0.4) is 0 Å². The molecule has 2 saturated heterocycles. The van der Waals surface area contributed by atoms with Crippen LogP contribution in [0.15, 0.2) is 84.9 Å². The third-order valence-electron chi connectivity index (χ3n) is 7.70. The summed E-state index contributed by atoms with van der Waals surface area (Å²) < 4.78 is 0. The lowest BCUT2D eigenvalue weighted by Crippen LogP contribution is -2.52. The van der Waals surface area contributed by atoms with E-state index in [1.54, 1.807) is 0 Å². The van der Waals surface area contributed by atoms with Gasteiger partial charge in [-0.05, 0) is 30.0 Å². The molecular weight excluding hydrogens is 414 g/mol. The number of carbonyl (C=O) groups is 1. The van der Waals surface area contributed by atoms with Crippen LogP contribution in [-0.2, 0) is 16.9 Å². The van der Waals surface area contributed by atoms with E-state index in [9.17, 15) is 14.9 Å². The number of hydrogen-bond donors (Lipinski definition) is 0. The summed E-state index contributed by atoms with van der Waals surface area (Å²) in [6.07, 6.45) is 1.61. The molecule has 0 N–H and O–H groups in total. The van der Waals surface area contributed by atoms with Crippen LogP contribution in [0.4, 0.5) is 5.69 Å². The Balaban J connectivity index is 1.59. The average molecular weight is 440 g/mol. The number of rotatable bonds is 4. The van der Waals surface area contributed by atoms with E-state index in [0.717, 1.165) is 35.2 Å². The molecule has 3 aliphatic rings.